The van der Waals surface area contributed by atoms with Crippen molar-refractivity contribution in [3.8, 4) is 0 Å². The van der Waals surface area contributed by atoms with Crippen LogP contribution in [0.2, 0.25) is 0 Å². The maximum absolute atomic E-state index is 5.76. The third-order valence-electron chi connectivity index (χ3n) is 3.21. The van der Waals surface area contributed by atoms with Crippen LogP contribution in [0, 0.1) is 13.8 Å². The number of anilines is 3. The number of hydrogen-bond acceptors (Lipinski definition) is 3. The van der Waals surface area contributed by atoms with E-state index in [-0.39, 0.29) is 0 Å². The molecule has 0 heterocycles. The van der Waals surface area contributed by atoms with Gasteiger partial charge < -0.3 is 17.2 Å². The molecule has 2 rings (SSSR count). The lowest BCUT2D eigenvalue weighted by atomic mass is 10.0. The minimum Gasteiger partial charge on any atom is -0.399 e. The highest BCUT2D eigenvalue weighted by Crippen LogP contribution is 2.19. The molecular weight excluding hydrogens is 246 g/mol. The molecule has 0 bridgehead atoms. The predicted octanol–water partition coefficient (Wildman–Crippen LogP) is 3.86. The van der Waals surface area contributed by atoms with Gasteiger partial charge in [-0.05, 0) is 54.7 Å². The summed E-state index contributed by atoms with van der Waals surface area (Å²) >= 11 is 0. The Hall–Kier alpha value is -2.16. The number of aryl methyl sites for hydroxylation is 2. The Morgan fingerprint density at radius 2 is 1.40 bits per heavy atom. The quantitative estimate of drug-likeness (QED) is 0.689. The average Bonchev–Trinajstić information content (AvgIpc) is 2.38. The Morgan fingerprint density at radius 1 is 0.750 bits per heavy atom. The van der Waals surface area contributed by atoms with Crippen molar-refractivity contribution in [1.29, 1.82) is 0 Å². The molecule has 0 unspecified atom stereocenters. The van der Waals surface area contributed by atoms with Gasteiger partial charge in [-0.15, -0.1) is 0 Å². The first-order valence-corrected chi connectivity index (χ1v) is 6.79. The zero-order chi connectivity index (χ0) is 15.3. The molecule has 0 aliphatic heterocycles. The number of benzene rings is 2. The van der Waals surface area contributed by atoms with Gasteiger partial charge in [-0.3, -0.25) is 0 Å². The van der Waals surface area contributed by atoms with Crippen molar-refractivity contribution in [2.45, 2.75) is 33.6 Å². The molecule has 0 atom stereocenters. The zero-order valence-corrected chi connectivity index (χ0v) is 12.8. The maximum Gasteiger partial charge on any atom is 0.0550 e. The summed E-state index contributed by atoms with van der Waals surface area (Å²) in [6.45, 7) is 8.35. The first-order chi connectivity index (χ1) is 9.31. The van der Waals surface area contributed by atoms with E-state index in [1.165, 1.54) is 5.56 Å². The lowest BCUT2D eigenvalue weighted by Gasteiger charge is -2.07. The summed E-state index contributed by atoms with van der Waals surface area (Å²) < 4.78 is 0. The standard InChI is InChI=1S/C10H15N.C7H10N2/c1-7(2)9-5-4-8(3)10(11)6-9;1-5-2-3-6(8)7(9)4-5/h4-7H,11H2,1-3H3;2-4H,8-9H2,1H3. The molecule has 3 heteroatoms. The first-order valence-electron chi connectivity index (χ1n) is 6.79. The molecule has 2 aromatic carbocycles. The highest BCUT2D eigenvalue weighted by molar-refractivity contribution is 5.63. The van der Waals surface area contributed by atoms with Crippen molar-refractivity contribution in [3.63, 3.8) is 0 Å². The molecule has 2 aromatic rings. The van der Waals surface area contributed by atoms with Crippen molar-refractivity contribution in [2.24, 2.45) is 0 Å². The van der Waals surface area contributed by atoms with Gasteiger partial charge >= 0.3 is 0 Å². The molecular formula is C17H25N3. The third-order valence-corrected chi connectivity index (χ3v) is 3.21. The lowest BCUT2D eigenvalue weighted by Crippen LogP contribution is -1.93. The summed E-state index contributed by atoms with van der Waals surface area (Å²) in [5.74, 6) is 0.567. The van der Waals surface area contributed by atoms with Crippen molar-refractivity contribution < 1.29 is 0 Å². The Kier molecular flexibility index (Phi) is 5.44. The summed E-state index contributed by atoms with van der Waals surface area (Å²) in [7, 11) is 0. The fourth-order valence-electron chi connectivity index (χ4n) is 1.71. The number of rotatable bonds is 1. The summed E-state index contributed by atoms with van der Waals surface area (Å²) in [5, 5.41) is 0. The van der Waals surface area contributed by atoms with Gasteiger partial charge in [0, 0.05) is 5.69 Å². The van der Waals surface area contributed by atoms with Crippen molar-refractivity contribution in [1.82, 2.24) is 0 Å². The SMILES string of the molecule is Cc1ccc(C(C)C)cc1N.Cc1ccc(N)c(N)c1. The van der Waals surface area contributed by atoms with Gasteiger partial charge in [0.25, 0.3) is 0 Å². The summed E-state index contributed by atoms with van der Waals surface area (Å²) in [5.41, 5.74) is 22.5. The molecule has 3 nitrogen and oxygen atoms in total. The van der Waals surface area contributed by atoms with E-state index in [1.807, 2.05) is 32.0 Å². The molecule has 0 radical (unpaired) electrons. The molecule has 0 spiro atoms. The minimum atomic E-state index is 0.567. The molecule has 0 fully saturated rings. The van der Waals surface area contributed by atoms with Gasteiger partial charge in [-0.2, -0.15) is 0 Å². The maximum atomic E-state index is 5.76. The van der Waals surface area contributed by atoms with Crippen LogP contribution in [0.3, 0.4) is 0 Å². The van der Waals surface area contributed by atoms with Crippen molar-refractivity contribution in [3.05, 3.63) is 53.1 Å². The summed E-state index contributed by atoms with van der Waals surface area (Å²) in [6.07, 6.45) is 0. The van der Waals surface area contributed by atoms with E-state index >= 15 is 0 Å². The Balaban J connectivity index is 0.000000204. The van der Waals surface area contributed by atoms with Gasteiger partial charge in [-0.25, -0.2) is 0 Å². The van der Waals surface area contributed by atoms with Gasteiger partial charge in [0.05, 0.1) is 11.4 Å². The van der Waals surface area contributed by atoms with Crippen LogP contribution in [-0.4, -0.2) is 0 Å². The smallest absolute Gasteiger partial charge is 0.0550 e. The Labute approximate surface area is 121 Å². The van der Waals surface area contributed by atoms with E-state index in [0.29, 0.717) is 17.3 Å². The fourth-order valence-corrected chi connectivity index (χ4v) is 1.71. The van der Waals surface area contributed by atoms with E-state index in [9.17, 15) is 0 Å². The van der Waals surface area contributed by atoms with Crippen molar-refractivity contribution >= 4 is 17.1 Å². The van der Waals surface area contributed by atoms with Crippen LogP contribution < -0.4 is 17.2 Å². The highest BCUT2D eigenvalue weighted by atomic mass is 14.7. The second kappa shape index (κ2) is 6.85. The minimum absolute atomic E-state index is 0.567. The molecule has 20 heavy (non-hydrogen) atoms. The molecule has 0 amide bonds. The van der Waals surface area contributed by atoms with E-state index in [1.54, 1.807) is 0 Å². The van der Waals surface area contributed by atoms with E-state index in [0.717, 1.165) is 16.8 Å². The Morgan fingerprint density at radius 3 is 1.85 bits per heavy atom. The van der Waals surface area contributed by atoms with Crippen LogP contribution in [0.25, 0.3) is 0 Å². The van der Waals surface area contributed by atoms with Crippen LogP contribution in [0.1, 0.15) is 36.5 Å². The molecule has 0 aliphatic rings. The van der Waals surface area contributed by atoms with Gasteiger partial charge in [0.2, 0.25) is 0 Å². The van der Waals surface area contributed by atoms with Crippen LogP contribution >= 0.6 is 0 Å². The van der Waals surface area contributed by atoms with E-state index < -0.39 is 0 Å². The molecule has 108 valence electrons. The third kappa shape index (κ3) is 4.50. The second-order valence-corrected chi connectivity index (χ2v) is 5.40. The summed E-state index contributed by atoms with van der Waals surface area (Å²) in [4.78, 5) is 0. The molecule has 0 saturated heterocycles. The van der Waals surface area contributed by atoms with Crippen molar-refractivity contribution in [2.75, 3.05) is 17.2 Å². The normalized spacial score (nSPS) is 10.1. The van der Waals surface area contributed by atoms with Crippen LogP contribution in [0.4, 0.5) is 17.1 Å². The van der Waals surface area contributed by atoms with Gasteiger partial charge in [0.1, 0.15) is 0 Å². The van der Waals surface area contributed by atoms with E-state index in [4.69, 9.17) is 17.2 Å². The van der Waals surface area contributed by atoms with Crippen LogP contribution in [0.15, 0.2) is 36.4 Å². The Bertz CT molecular complexity index is 574. The average molecular weight is 271 g/mol. The largest absolute Gasteiger partial charge is 0.399 e. The topological polar surface area (TPSA) is 78.1 Å². The number of nitrogen functional groups attached to an aromatic ring is 3. The van der Waals surface area contributed by atoms with E-state index in [2.05, 4.69) is 32.0 Å². The highest BCUT2D eigenvalue weighted by Gasteiger charge is 1.99. The summed E-state index contributed by atoms with van der Waals surface area (Å²) in [6, 6.07) is 11.9. The number of hydrogen-bond donors (Lipinski definition) is 3. The predicted molar refractivity (Wildman–Crippen MR) is 89.7 cm³/mol. The monoisotopic (exact) mass is 271 g/mol. The fraction of sp³-hybridized carbons (Fsp3) is 0.294. The van der Waals surface area contributed by atoms with Crippen LogP contribution in [0.5, 0.6) is 0 Å². The van der Waals surface area contributed by atoms with Gasteiger partial charge in [0.15, 0.2) is 0 Å². The number of nitrogens with two attached hydrogens (primary N) is 3. The van der Waals surface area contributed by atoms with Gasteiger partial charge in [-0.1, -0.05) is 32.0 Å². The molecule has 0 saturated carbocycles. The first kappa shape index (κ1) is 15.9. The van der Waals surface area contributed by atoms with Crippen LogP contribution in [-0.2, 0) is 0 Å². The molecule has 0 aliphatic carbocycles. The lowest BCUT2D eigenvalue weighted by molar-refractivity contribution is 0.866. The molecule has 6 N–H and O–H groups in total. The molecule has 0 aromatic heterocycles. The zero-order valence-electron chi connectivity index (χ0n) is 12.8. The second-order valence-electron chi connectivity index (χ2n) is 5.40.